The van der Waals surface area contributed by atoms with Gasteiger partial charge in [-0.2, -0.15) is 0 Å². The van der Waals surface area contributed by atoms with E-state index in [-0.39, 0.29) is 0 Å². The molecule has 1 N–H and O–H groups in total. The molecule has 2 rings (SSSR count). The van der Waals surface area contributed by atoms with Crippen LogP contribution in [0.3, 0.4) is 0 Å². The van der Waals surface area contributed by atoms with Gasteiger partial charge in [0.25, 0.3) is 0 Å². The Morgan fingerprint density at radius 3 is 2.28 bits per heavy atom. The van der Waals surface area contributed by atoms with E-state index in [2.05, 4.69) is 22.6 Å². The monoisotopic (exact) mass is 374 g/mol. The lowest BCUT2D eigenvalue weighted by Crippen LogP contribution is -1.93. The van der Waals surface area contributed by atoms with Gasteiger partial charge in [-0.1, -0.05) is 17.7 Å². The van der Waals surface area contributed by atoms with Crippen LogP contribution in [0.15, 0.2) is 42.5 Å². The molecular formula is C14H12ClIO2. The lowest BCUT2D eigenvalue weighted by molar-refractivity contribution is 0.199. The molecule has 2 aromatic carbocycles. The topological polar surface area (TPSA) is 29.5 Å². The molecule has 18 heavy (non-hydrogen) atoms. The Bertz CT molecular complexity index is 538. The molecule has 2 nitrogen and oxygen atoms in total. The van der Waals surface area contributed by atoms with Gasteiger partial charge in [0, 0.05) is 3.57 Å². The molecule has 1 unspecified atom stereocenters. The minimum Gasteiger partial charge on any atom is -0.457 e. The molecule has 0 radical (unpaired) electrons. The summed E-state index contributed by atoms with van der Waals surface area (Å²) in [5, 5.41) is 10.00. The number of ether oxygens (including phenoxy) is 1. The molecule has 0 amide bonds. The fourth-order valence-electron chi connectivity index (χ4n) is 1.55. The molecule has 94 valence electrons. The van der Waals surface area contributed by atoms with E-state index in [0.29, 0.717) is 16.3 Å². The smallest absolute Gasteiger partial charge is 0.128 e. The summed E-state index contributed by atoms with van der Waals surface area (Å²) < 4.78 is 6.83. The predicted octanol–water partition coefficient (Wildman–Crippen LogP) is 4.79. The molecule has 0 fully saturated rings. The average molecular weight is 375 g/mol. The molecule has 0 aliphatic rings. The normalized spacial score (nSPS) is 12.2. The van der Waals surface area contributed by atoms with Gasteiger partial charge in [-0.15, -0.1) is 0 Å². The number of halogens is 2. The maximum absolute atomic E-state index is 9.49. The van der Waals surface area contributed by atoms with Crippen molar-refractivity contribution >= 4 is 34.2 Å². The van der Waals surface area contributed by atoms with E-state index in [9.17, 15) is 5.11 Å². The summed E-state index contributed by atoms with van der Waals surface area (Å²) in [5.41, 5.74) is 0.701. The predicted molar refractivity (Wildman–Crippen MR) is 81.3 cm³/mol. The second-order valence-corrected chi connectivity index (χ2v) is 5.57. The molecule has 0 aliphatic carbocycles. The zero-order valence-corrected chi connectivity index (χ0v) is 12.6. The zero-order valence-electron chi connectivity index (χ0n) is 9.73. The van der Waals surface area contributed by atoms with Gasteiger partial charge in [-0.25, -0.2) is 0 Å². The average Bonchev–Trinajstić information content (AvgIpc) is 2.32. The highest BCUT2D eigenvalue weighted by molar-refractivity contribution is 14.1. The standard InChI is InChI=1S/C14H12ClIO2/c1-9(17)13-7-6-12(8-14(13)15)18-11-4-2-10(16)3-5-11/h2-9,17H,1H3. The van der Waals surface area contributed by atoms with Crippen molar-refractivity contribution in [3.8, 4) is 11.5 Å². The van der Waals surface area contributed by atoms with Gasteiger partial charge in [-0.3, -0.25) is 0 Å². The van der Waals surface area contributed by atoms with Crippen LogP contribution < -0.4 is 4.74 Å². The summed E-state index contributed by atoms with van der Waals surface area (Å²) in [4.78, 5) is 0. The number of rotatable bonds is 3. The Morgan fingerprint density at radius 2 is 1.72 bits per heavy atom. The Hall–Kier alpha value is -0.780. The van der Waals surface area contributed by atoms with Crippen molar-refractivity contribution in [3.63, 3.8) is 0 Å². The highest BCUT2D eigenvalue weighted by Gasteiger charge is 2.08. The molecular weight excluding hydrogens is 363 g/mol. The van der Waals surface area contributed by atoms with Crippen molar-refractivity contribution in [3.05, 3.63) is 56.6 Å². The first kappa shape index (κ1) is 13.6. The first-order valence-electron chi connectivity index (χ1n) is 5.47. The Balaban J connectivity index is 2.20. The number of aliphatic hydroxyl groups is 1. The van der Waals surface area contributed by atoms with Crippen LogP contribution in [0, 0.1) is 3.57 Å². The Labute approximate surface area is 125 Å². The maximum atomic E-state index is 9.49. The molecule has 0 aromatic heterocycles. The van der Waals surface area contributed by atoms with Crippen LogP contribution in [0.4, 0.5) is 0 Å². The minimum atomic E-state index is -0.579. The number of hydrogen-bond acceptors (Lipinski definition) is 2. The van der Waals surface area contributed by atoms with Gasteiger partial charge >= 0.3 is 0 Å². The van der Waals surface area contributed by atoms with E-state index in [1.165, 1.54) is 0 Å². The fraction of sp³-hybridized carbons (Fsp3) is 0.143. The summed E-state index contributed by atoms with van der Waals surface area (Å²) in [5.74, 6) is 1.42. The van der Waals surface area contributed by atoms with Gasteiger partial charge in [0.1, 0.15) is 11.5 Å². The summed E-state index contributed by atoms with van der Waals surface area (Å²) in [6.45, 7) is 1.68. The molecule has 0 bridgehead atoms. The van der Waals surface area contributed by atoms with Gasteiger partial charge in [0.05, 0.1) is 11.1 Å². The van der Waals surface area contributed by atoms with Crippen LogP contribution in [0.25, 0.3) is 0 Å². The SMILES string of the molecule is CC(O)c1ccc(Oc2ccc(I)cc2)cc1Cl. The third-order valence-electron chi connectivity index (χ3n) is 2.47. The minimum absolute atomic E-state index is 0.507. The lowest BCUT2D eigenvalue weighted by Gasteiger charge is -2.10. The largest absolute Gasteiger partial charge is 0.457 e. The quantitative estimate of drug-likeness (QED) is 0.783. The van der Waals surface area contributed by atoms with Crippen molar-refractivity contribution in [1.82, 2.24) is 0 Å². The molecule has 0 saturated carbocycles. The fourth-order valence-corrected chi connectivity index (χ4v) is 2.24. The molecule has 1 atom stereocenters. The number of benzene rings is 2. The summed E-state index contributed by atoms with van der Waals surface area (Å²) >= 11 is 8.31. The van der Waals surface area contributed by atoms with Crippen LogP contribution in [-0.2, 0) is 0 Å². The second-order valence-electron chi connectivity index (χ2n) is 3.92. The molecule has 0 spiro atoms. The van der Waals surface area contributed by atoms with E-state index in [4.69, 9.17) is 16.3 Å². The Morgan fingerprint density at radius 1 is 1.11 bits per heavy atom. The third-order valence-corrected chi connectivity index (χ3v) is 3.52. The maximum Gasteiger partial charge on any atom is 0.128 e. The van der Waals surface area contributed by atoms with Gasteiger partial charge < -0.3 is 9.84 Å². The first-order chi connectivity index (χ1) is 8.56. The van der Waals surface area contributed by atoms with E-state index >= 15 is 0 Å². The summed E-state index contributed by atoms with van der Waals surface area (Å²) in [6.07, 6.45) is -0.579. The van der Waals surface area contributed by atoms with E-state index in [1.54, 1.807) is 25.1 Å². The molecule has 4 heteroatoms. The van der Waals surface area contributed by atoms with Crippen molar-refractivity contribution in [2.75, 3.05) is 0 Å². The van der Waals surface area contributed by atoms with Crippen molar-refractivity contribution in [1.29, 1.82) is 0 Å². The first-order valence-corrected chi connectivity index (χ1v) is 6.93. The van der Waals surface area contributed by atoms with Gasteiger partial charge in [0.2, 0.25) is 0 Å². The highest BCUT2D eigenvalue weighted by atomic mass is 127. The second kappa shape index (κ2) is 5.91. The van der Waals surface area contributed by atoms with E-state index < -0.39 is 6.10 Å². The lowest BCUT2D eigenvalue weighted by atomic mass is 10.1. The van der Waals surface area contributed by atoms with Crippen LogP contribution in [0.5, 0.6) is 11.5 Å². The van der Waals surface area contributed by atoms with Crippen LogP contribution >= 0.6 is 34.2 Å². The zero-order chi connectivity index (χ0) is 13.1. The number of hydrogen-bond donors (Lipinski definition) is 1. The van der Waals surface area contributed by atoms with Crippen LogP contribution in [0.2, 0.25) is 5.02 Å². The molecule has 0 aliphatic heterocycles. The van der Waals surface area contributed by atoms with Gasteiger partial charge in [-0.05, 0) is 71.5 Å². The molecule has 0 saturated heterocycles. The highest BCUT2D eigenvalue weighted by Crippen LogP contribution is 2.29. The van der Waals surface area contributed by atoms with Crippen molar-refractivity contribution < 1.29 is 9.84 Å². The summed E-state index contributed by atoms with van der Waals surface area (Å²) in [7, 11) is 0. The molecule has 2 aromatic rings. The van der Waals surface area contributed by atoms with Crippen molar-refractivity contribution in [2.45, 2.75) is 13.0 Å². The molecule has 0 heterocycles. The van der Waals surface area contributed by atoms with Crippen LogP contribution in [-0.4, -0.2) is 5.11 Å². The van der Waals surface area contributed by atoms with Crippen LogP contribution in [0.1, 0.15) is 18.6 Å². The Kier molecular flexibility index (Phi) is 4.48. The van der Waals surface area contributed by atoms with Crippen molar-refractivity contribution in [2.24, 2.45) is 0 Å². The number of aliphatic hydroxyl groups excluding tert-OH is 1. The van der Waals surface area contributed by atoms with E-state index in [1.807, 2.05) is 24.3 Å². The van der Waals surface area contributed by atoms with E-state index in [0.717, 1.165) is 9.32 Å². The summed E-state index contributed by atoms with van der Waals surface area (Å²) in [6, 6.07) is 13.0. The van der Waals surface area contributed by atoms with Gasteiger partial charge in [0.15, 0.2) is 0 Å². The third kappa shape index (κ3) is 3.37.